The summed E-state index contributed by atoms with van der Waals surface area (Å²) in [7, 11) is 0. The van der Waals surface area contributed by atoms with Gasteiger partial charge >= 0.3 is 0 Å². The summed E-state index contributed by atoms with van der Waals surface area (Å²) in [4.78, 5) is 0. The number of rotatable bonds is 2. The summed E-state index contributed by atoms with van der Waals surface area (Å²) in [6.07, 6.45) is 0. The molecule has 0 heterocycles. The second-order valence-corrected chi connectivity index (χ2v) is 5.32. The molecule has 19 heavy (non-hydrogen) atoms. The Labute approximate surface area is 122 Å². The molecule has 2 nitrogen and oxygen atoms in total. The van der Waals surface area contributed by atoms with Gasteiger partial charge in [-0.1, -0.05) is 11.6 Å². The van der Waals surface area contributed by atoms with Crippen molar-refractivity contribution in [3.8, 4) is 0 Å². The Morgan fingerprint density at radius 1 is 1.21 bits per heavy atom. The molecular weight excluding hydrogens is 338 g/mol. The molecule has 0 bridgehead atoms. The van der Waals surface area contributed by atoms with Crippen LogP contribution < -0.4 is 11.1 Å². The minimum absolute atomic E-state index is 0.0212. The molecule has 0 aliphatic carbocycles. The molecule has 3 N–H and O–H groups in total. The zero-order valence-corrected chi connectivity index (χ0v) is 12.2. The first-order valence-corrected chi connectivity index (χ1v) is 6.52. The molecule has 0 unspecified atom stereocenters. The zero-order chi connectivity index (χ0) is 14.2. The lowest BCUT2D eigenvalue weighted by atomic mass is 10.1. The maximum atomic E-state index is 13.7. The van der Waals surface area contributed by atoms with Crippen molar-refractivity contribution in [1.29, 1.82) is 0 Å². The fourth-order valence-electron chi connectivity index (χ4n) is 1.59. The van der Waals surface area contributed by atoms with E-state index >= 15 is 0 Å². The summed E-state index contributed by atoms with van der Waals surface area (Å²) in [5, 5.41) is 2.80. The Morgan fingerprint density at radius 3 is 2.53 bits per heavy atom. The third kappa shape index (κ3) is 2.98. The highest BCUT2D eigenvalue weighted by Gasteiger charge is 2.12. The molecule has 0 saturated carbocycles. The van der Waals surface area contributed by atoms with Crippen molar-refractivity contribution in [3.05, 3.63) is 51.0 Å². The first-order valence-electron chi connectivity index (χ1n) is 5.35. The topological polar surface area (TPSA) is 38.0 Å². The van der Waals surface area contributed by atoms with Crippen LogP contribution >= 0.6 is 27.5 Å². The number of nitrogens with one attached hydrogen (secondary N) is 1. The molecule has 2 aromatic rings. The SMILES string of the molecule is Cc1cc(Nc2c(F)cc(F)cc2Cl)c(Br)cc1N. The predicted molar refractivity (Wildman–Crippen MR) is 77.9 cm³/mol. The number of aryl methyl sites for hydroxylation is 1. The smallest absolute Gasteiger partial charge is 0.151 e. The van der Waals surface area contributed by atoms with Crippen LogP contribution in [0.5, 0.6) is 0 Å². The van der Waals surface area contributed by atoms with E-state index in [1.54, 1.807) is 12.1 Å². The van der Waals surface area contributed by atoms with Crippen molar-refractivity contribution in [2.75, 3.05) is 11.1 Å². The number of hydrogen-bond donors (Lipinski definition) is 2. The van der Waals surface area contributed by atoms with E-state index in [9.17, 15) is 8.78 Å². The highest BCUT2D eigenvalue weighted by molar-refractivity contribution is 9.10. The lowest BCUT2D eigenvalue weighted by Gasteiger charge is -2.13. The number of anilines is 3. The third-order valence-corrected chi connectivity index (χ3v) is 3.58. The lowest BCUT2D eigenvalue weighted by Crippen LogP contribution is -1.99. The molecule has 2 aromatic carbocycles. The molecule has 0 aliphatic heterocycles. The minimum atomic E-state index is -0.758. The van der Waals surface area contributed by atoms with Gasteiger partial charge in [0.15, 0.2) is 5.82 Å². The van der Waals surface area contributed by atoms with Crippen LogP contribution in [0.3, 0.4) is 0 Å². The second-order valence-electron chi connectivity index (χ2n) is 4.06. The van der Waals surface area contributed by atoms with Crippen molar-refractivity contribution < 1.29 is 8.78 Å². The van der Waals surface area contributed by atoms with E-state index in [-0.39, 0.29) is 10.7 Å². The molecule has 100 valence electrons. The summed E-state index contributed by atoms with van der Waals surface area (Å²) < 4.78 is 27.3. The monoisotopic (exact) mass is 346 g/mol. The van der Waals surface area contributed by atoms with Crippen LogP contribution in [0.1, 0.15) is 5.56 Å². The van der Waals surface area contributed by atoms with Crippen molar-refractivity contribution >= 4 is 44.6 Å². The van der Waals surface area contributed by atoms with Crippen LogP contribution in [0.4, 0.5) is 25.8 Å². The molecule has 0 aliphatic rings. The summed E-state index contributed by atoms with van der Waals surface area (Å²) in [6, 6.07) is 5.27. The number of benzene rings is 2. The Kier molecular flexibility index (Phi) is 3.96. The first-order chi connectivity index (χ1) is 8.88. The molecule has 0 fully saturated rings. The normalized spacial score (nSPS) is 10.6. The van der Waals surface area contributed by atoms with E-state index in [4.69, 9.17) is 17.3 Å². The van der Waals surface area contributed by atoms with E-state index in [1.165, 1.54) is 0 Å². The van der Waals surface area contributed by atoms with E-state index in [1.807, 2.05) is 6.92 Å². The number of nitrogen functional groups attached to an aromatic ring is 1. The highest BCUT2D eigenvalue weighted by atomic mass is 79.9. The lowest BCUT2D eigenvalue weighted by molar-refractivity contribution is 0.586. The molecule has 0 aromatic heterocycles. The first kappa shape index (κ1) is 14.1. The van der Waals surface area contributed by atoms with Crippen LogP contribution in [0, 0.1) is 18.6 Å². The predicted octanol–water partition coefficient (Wildman–Crippen LogP) is 5.01. The van der Waals surface area contributed by atoms with Crippen molar-refractivity contribution in [1.82, 2.24) is 0 Å². The minimum Gasteiger partial charge on any atom is -0.398 e. The van der Waals surface area contributed by atoms with Gasteiger partial charge in [-0.15, -0.1) is 0 Å². The van der Waals surface area contributed by atoms with E-state index < -0.39 is 11.6 Å². The van der Waals surface area contributed by atoms with Gasteiger partial charge in [0.05, 0.1) is 16.4 Å². The molecule has 0 amide bonds. The van der Waals surface area contributed by atoms with Gasteiger partial charge in [0.25, 0.3) is 0 Å². The summed E-state index contributed by atoms with van der Waals surface area (Å²) >= 11 is 9.15. The van der Waals surface area contributed by atoms with E-state index in [2.05, 4.69) is 21.2 Å². The maximum Gasteiger partial charge on any atom is 0.151 e. The standard InChI is InChI=1S/C13H10BrClF2N2/c1-6-2-12(8(14)5-11(6)18)19-13-9(15)3-7(16)4-10(13)17/h2-5,19H,18H2,1H3. The largest absolute Gasteiger partial charge is 0.398 e. The average Bonchev–Trinajstić information content (AvgIpc) is 2.29. The van der Waals surface area contributed by atoms with Crippen LogP contribution in [0.15, 0.2) is 28.7 Å². The van der Waals surface area contributed by atoms with Gasteiger partial charge in [0.1, 0.15) is 5.82 Å². The molecule has 6 heteroatoms. The van der Waals surface area contributed by atoms with Gasteiger partial charge < -0.3 is 11.1 Å². The highest BCUT2D eigenvalue weighted by Crippen LogP contribution is 2.34. The van der Waals surface area contributed by atoms with Crippen molar-refractivity contribution in [2.24, 2.45) is 0 Å². The molecule has 0 spiro atoms. The maximum absolute atomic E-state index is 13.7. The summed E-state index contributed by atoms with van der Waals surface area (Å²) in [6.45, 7) is 1.83. The van der Waals surface area contributed by atoms with Gasteiger partial charge in [0, 0.05) is 16.2 Å². The Morgan fingerprint density at radius 2 is 1.89 bits per heavy atom. The van der Waals surface area contributed by atoms with Crippen LogP contribution in [0.2, 0.25) is 5.02 Å². The molecule has 2 rings (SSSR count). The fraction of sp³-hybridized carbons (Fsp3) is 0.0769. The van der Waals surface area contributed by atoms with Crippen LogP contribution in [-0.4, -0.2) is 0 Å². The molecule has 0 radical (unpaired) electrons. The summed E-state index contributed by atoms with van der Waals surface area (Å²) in [5.74, 6) is -1.48. The molecule has 0 atom stereocenters. The number of nitrogens with two attached hydrogens (primary N) is 1. The summed E-state index contributed by atoms with van der Waals surface area (Å²) in [5.41, 5.74) is 7.82. The Bertz CT molecular complexity index is 624. The number of hydrogen-bond acceptors (Lipinski definition) is 2. The fourth-order valence-corrected chi connectivity index (χ4v) is 2.29. The zero-order valence-electron chi connectivity index (χ0n) is 9.90. The van der Waals surface area contributed by atoms with Gasteiger partial charge in [-0.25, -0.2) is 8.78 Å². The third-order valence-electron chi connectivity index (χ3n) is 2.62. The van der Waals surface area contributed by atoms with E-state index in [0.29, 0.717) is 15.8 Å². The van der Waals surface area contributed by atoms with Crippen molar-refractivity contribution in [3.63, 3.8) is 0 Å². The van der Waals surface area contributed by atoms with Gasteiger partial charge in [0.2, 0.25) is 0 Å². The average molecular weight is 348 g/mol. The van der Waals surface area contributed by atoms with Gasteiger partial charge in [-0.3, -0.25) is 0 Å². The molecular formula is C13H10BrClF2N2. The molecule has 0 saturated heterocycles. The Balaban J connectivity index is 2.45. The van der Waals surface area contributed by atoms with Crippen LogP contribution in [0.25, 0.3) is 0 Å². The second kappa shape index (κ2) is 5.35. The van der Waals surface area contributed by atoms with Gasteiger partial charge in [-0.2, -0.15) is 0 Å². The van der Waals surface area contributed by atoms with Crippen LogP contribution in [-0.2, 0) is 0 Å². The number of halogens is 4. The van der Waals surface area contributed by atoms with Crippen molar-refractivity contribution in [2.45, 2.75) is 6.92 Å². The quantitative estimate of drug-likeness (QED) is 0.749. The Hall–Kier alpha value is -1.33. The van der Waals surface area contributed by atoms with E-state index in [0.717, 1.165) is 17.7 Å². The van der Waals surface area contributed by atoms with Gasteiger partial charge in [-0.05, 0) is 46.6 Å².